The molecule has 3 aromatic carbocycles. The summed E-state index contributed by atoms with van der Waals surface area (Å²) >= 11 is 1.39. The number of nitrogens with one attached hydrogen (secondary N) is 3. The highest BCUT2D eigenvalue weighted by Gasteiger charge is 2.22. The van der Waals surface area contributed by atoms with Gasteiger partial charge in [0.1, 0.15) is 0 Å². The van der Waals surface area contributed by atoms with Gasteiger partial charge in [-0.2, -0.15) is 0 Å². The zero-order valence-electron chi connectivity index (χ0n) is 24.5. The molecule has 4 rings (SSSR count). The molecule has 1 heterocycles. The first-order valence-electron chi connectivity index (χ1n) is 13.5. The number of benzene rings is 3. The topological polar surface area (TPSA) is 171 Å². The molecule has 0 fully saturated rings. The number of rotatable bonds is 11. The standard InChI is InChI=1S/C29H31BIN5O7S/c1-16-10-18(26(28(38)39)34-21-4-6-24-23(13-21)27(37)33-15-32-24)11-17(2)22(16)8-9-43-29(40)35-20-5-7-25(44(31,41)42)19(12-20)14-36(3)30/h4-7,10-13,15,26,34H,8-9,14,30H2,1-3H3,(H,35,40)(H,38,39)(H,32,33,37). The SMILES string of the molecule is BN(C)Cc1cc(NC(=O)OCCc2c(C)cc(C(Nc3ccc4nc[nH]c(=O)c4c3)C(=O)O)cc2C)ccc1S(=O)(=O)I. The molecule has 0 aliphatic rings. The van der Waals surface area contributed by atoms with E-state index in [2.05, 4.69) is 20.6 Å². The number of halogens is 1. The van der Waals surface area contributed by atoms with E-state index < -0.39 is 25.1 Å². The van der Waals surface area contributed by atoms with E-state index in [1.165, 1.54) is 39.7 Å². The smallest absolute Gasteiger partial charge is 0.411 e. The number of carboxylic acid groups (broad SMARTS) is 1. The van der Waals surface area contributed by atoms with Crippen molar-refractivity contribution in [2.45, 2.75) is 37.8 Å². The van der Waals surface area contributed by atoms with Gasteiger partial charge in [0.05, 0.1) is 49.9 Å². The Morgan fingerprint density at radius 2 is 1.80 bits per heavy atom. The average molecular weight is 731 g/mol. The minimum Gasteiger partial charge on any atom is -0.479 e. The molecule has 4 aromatic rings. The van der Waals surface area contributed by atoms with E-state index >= 15 is 0 Å². The monoisotopic (exact) mass is 731 g/mol. The highest BCUT2D eigenvalue weighted by Crippen LogP contribution is 2.28. The van der Waals surface area contributed by atoms with Crippen molar-refractivity contribution in [1.29, 1.82) is 0 Å². The minimum atomic E-state index is -3.47. The van der Waals surface area contributed by atoms with Crippen LogP contribution in [0.15, 0.2) is 64.5 Å². The predicted octanol–water partition coefficient (Wildman–Crippen LogP) is 3.67. The van der Waals surface area contributed by atoms with Crippen LogP contribution in [0.25, 0.3) is 10.9 Å². The number of aliphatic carboxylic acids is 1. The molecule has 0 saturated carbocycles. The lowest BCUT2D eigenvalue weighted by Crippen LogP contribution is -2.21. The Hall–Kier alpha value is -3.96. The number of amides is 1. The van der Waals surface area contributed by atoms with Crippen LogP contribution in [-0.4, -0.2) is 62.0 Å². The second-order valence-corrected chi connectivity index (χ2v) is 15.3. The summed E-state index contributed by atoms with van der Waals surface area (Å²) in [6.45, 7) is 4.16. The summed E-state index contributed by atoms with van der Waals surface area (Å²) in [6.07, 6.45) is 1.03. The number of hydrogen-bond donors (Lipinski definition) is 4. The fraction of sp³-hybridized carbons (Fsp3) is 0.241. The van der Waals surface area contributed by atoms with Crippen molar-refractivity contribution >= 4 is 70.5 Å². The van der Waals surface area contributed by atoms with Crippen molar-refractivity contribution < 1.29 is 27.9 Å². The van der Waals surface area contributed by atoms with Crippen molar-refractivity contribution in [3.63, 3.8) is 0 Å². The molecule has 1 unspecified atom stereocenters. The maximum atomic E-state index is 12.5. The number of ether oxygens (including phenoxy) is 1. The lowest BCUT2D eigenvalue weighted by atomic mass is 9.94. The van der Waals surface area contributed by atoms with E-state index in [0.717, 1.165) is 16.7 Å². The second kappa shape index (κ2) is 13.8. The van der Waals surface area contributed by atoms with E-state index in [1.807, 2.05) is 33.7 Å². The van der Waals surface area contributed by atoms with Crippen LogP contribution in [0, 0.1) is 13.8 Å². The van der Waals surface area contributed by atoms with Crippen LogP contribution in [-0.2, 0) is 29.5 Å². The number of carbonyl (C=O) groups excluding carboxylic acids is 1. The van der Waals surface area contributed by atoms with Crippen LogP contribution in [0.1, 0.15) is 33.9 Å². The third kappa shape index (κ3) is 8.15. The minimum absolute atomic E-state index is 0.0674. The Bertz CT molecular complexity index is 1880. The molecule has 1 atom stereocenters. The second-order valence-electron chi connectivity index (χ2n) is 10.5. The van der Waals surface area contributed by atoms with Crippen molar-refractivity contribution in [2.24, 2.45) is 0 Å². The summed E-state index contributed by atoms with van der Waals surface area (Å²) in [5.41, 5.74) is 4.70. The number of fused-ring (bicyclic) bond motifs is 1. The summed E-state index contributed by atoms with van der Waals surface area (Å²) in [6, 6.07) is 11.9. The number of aryl methyl sites for hydroxylation is 2. The molecule has 1 amide bonds. The molecule has 15 heteroatoms. The van der Waals surface area contributed by atoms with E-state index in [1.54, 1.807) is 36.4 Å². The van der Waals surface area contributed by atoms with Crippen LogP contribution in [0.5, 0.6) is 0 Å². The lowest BCUT2D eigenvalue weighted by molar-refractivity contribution is -0.138. The molecule has 1 aromatic heterocycles. The molecule has 12 nitrogen and oxygen atoms in total. The number of H-pyrrole nitrogens is 1. The number of carbonyl (C=O) groups is 2. The van der Waals surface area contributed by atoms with Gasteiger partial charge < -0.3 is 25.0 Å². The van der Waals surface area contributed by atoms with Crippen LogP contribution in [0.3, 0.4) is 0 Å². The molecule has 230 valence electrons. The third-order valence-corrected chi connectivity index (χ3v) is 9.24. The first-order valence-corrected chi connectivity index (χ1v) is 17.5. The van der Waals surface area contributed by atoms with Crippen molar-refractivity contribution in [2.75, 3.05) is 24.3 Å². The number of aromatic nitrogens is 2. The Balaban J connectivity index is 1.43. The van der Waals surface area contributed by atoms with Gasteiger partial charge in [0.2, 0.25) is 7.01 Å². The third-order valence-electron chi connectivity index (χ3n) is 6.89. The molecule has 0 spiro atoms. The number of nitrogens with zero attached hydrogens (tertiary/aromatic N) is 2. The zero-order chi connectivity index (χ0) is 32.2. The largest absolute Gasteiger partial charge is 0.479 e. The van der Waals surface area contributed by atoms with E-state index in [0.29, 0.717) is 46.4 Å². The molecule has 0 radical (unpaired) electrons. The van der Waals surface area contributed by atoms with Gasteiger partial charge in [0.15, 0.2) is 14.0 Å². The van der Waals surface area contributed by atoms with Gasteiger partial charge in [-0.1, -0.05) is 12.1 Å². The zero-order valence-corrected chi connectivity index (χ0v) is 27.4. The summed E-state index contributed by atoms with van der Waals surface area (Å²) in [5.74, 6) is -1.09. The first-order chi connectivity index (χ1) is 20.7. The summed E-state index contributed by atoms with van der Waals surface area (Å²) in [5, 5.41) is 16.0. The van der Waals surface area contributed by atoms with E-state index in [-0.39, 0.29) is 17.1 Å². The van der Waals surface area contributed by atoms with E-state index in [9.17, 15) is 27.9 Å². The van der Waals surface area contributed by atoms with Gasteiger partial charge >= 0.3 is 12.1 Å². The highest BCUT2D eigenvalue weighted by molar-refractivity contribution is 14.2. The van der Waals surface area contributed by atoms with Crippen molar-refractivity contribution in [3.05, 3.63) is 93.0 Å². The van der Waals surface area contributed by atoms with Crippen molar-refractivity contribution in [3.8, 4) is 0 Å². The maximum absolute atomic E-state index is 12.5. The van der Waals surface area contributed by atoms with Crippen molar-refractivity contribution in [1.82, 2.24) is 14.8 Å². The fourth-order valence-corrected chi connectivity index (χ4v) is 6.92. The van der Waals surface area contributed by atoms with Gasteiger partial charge in [-0.05, 0) is 85.1 Å². The molecular formula is C29H31BIN5O7S. The summed E-state index contributed by atoms with van der Waals surface area (Å²) in [4.78, 5) is 45.6. The Morgan fingerprint density at radius 3 is 2.43 bits per heavy atom. The first kappa shape index (κ1) is 32.9. The Kier molecular flexibility index (Phi) is 10.3. The van der Waals surface area contributed by atoms with Crippen LogP contribution < -0.4 is 16.2 Å². The van der Waals surface area contributed by atoms with Crippen LogP contribution >= 0.6 is 21.2 Å². The van der Waals surface area contributed by atoms with Gasteiger partial charge in [0.25, 0.3) is 5.56 Å². The number of aromatic amines is 1. The number of hydrogen-bond acceptors (Lipinski definition) is 9. The molecule has 0 aliphatic heterocycles. The molecule has 0 bridgehead atoms. The number of carboxylic acids is 1. The average Bonchev–Trinajstić information content (AvgIpc) is 2.92. The summed E-state index contributed by atoms with van der Waals surface area (Å²) < 4.78 is 29.7. The normalized spacial score (nSPS) is 12.2. The van der Waals surface area contributed by atoms with Gasteiger partial charge in [0, 0.05) is 24.3 Å². The molecule has 4 N–H and O–H groups in total. The fourth-order valence-electron chi connectivity index (χ4n) is 4.96. The van der Waals surface area contributed by atoms with Crippen LogP contribution in [0.4, 0.5) is 16.2 Å². The lowest BCUT2D eigenvalue weighted by Gasteiger charge is -2.20. The predicted molar refractivity (Wildman–Crippen MR) is 179 cm³/mol. The van der Waals surface area contributed by atoms with Gasteiger partial charge in [-0.25, -0.2) is 23.0 Å². The molecular weight excluding hydrogens is 700 g/mol. The Labute approximate surface area is 267 Å². The maximum Gasteiger partial charge on any atom is 0.411 e. The highest BCUT2D eigenvalue weighted by atomic mass is 127. The van der Waals surface area contributed by atoms with Gasteiger partial charge in [-0.15, -0.1) is 0 Å². The quantitative estimate of drug-likeness (QED) is 0.101. The number of anilines is 2. The van der Waals surface area contributed by atoms with Gasteiger partial charge in [-0.3, -0.25) is 10.1 Å². The molecule has 44 heavy (non-hydrogen) atoms. The molecule has 0 aliphatic carbocycles. The Morgan fingerprint density at radius 1 is 1.11 bits per heavy atom. The van der Waals surface area contributed by atoms with Crippen LogP contribution in [0.2, 0.25) is 0 Å². The summed E-state index contributed by atoms with van der Waals surface area (Å²) in [7, 11) is 0.168. The van der Waals surface area contributed by atoms with E-state index in [4.69, 9.17) is 4.74 Å². The molecule has 0 saturated heterocycles.